The first kappa shape index (κ1) is 13.2. The van der Waals surface area contributed by atoms with E-state index in [2.05, 4.69) is 22.2 Å². The van der Waals surface area contributed by atoms with Gasteiger partial charge in [-0.05, 0) is 24.7 Å². The predicted molar refractivity (Wildman–Crippen MR) is 77.5 cm³/mol. The van der Waals surface area contributed by atoms with E-state index >= 15 is 0 Å². The standard InChI is InChI=1S/C13H20N4S/c1-9-3-2-4-10(5-9)6-16-12-8-15-11(7-17-12)13(14)18/h7-10H,2-6H2,1H3,(H2,14,18)(H,16,17). The lowest BCUT2D eigenvalue weighted by Gasteiger charge is -2.26. The molecular formula is C13H20N4S. The zero-order chi connectivity index (χ0) is 13.0. The number of hydrogen-bond acceptors (Lipinski definition) is 4. The van der Waals surface area contributed by atoms with Crippen molar-refractivity contribution in [1.29, 1.82) is 0 Å². The molecule has 1 heterocycles. The van der Waals surface area contributed by atoms with Gasteiger partial charge in [-0.2, -0.15) is 0 Å². The molecular weight excluding hydrogens is 244 g/mol. The van der Waals surface area contributed by atoms with Crippen LogP contribution < -0.4 is 11.1 Å². The Bertz CT molecular complexity index is 404. The van der Waals surface area contributed by atoms with Crippen LogP contribution in [-0.2, 0) is 0 Å². The number of nitrogens with zero attached hydrogens (tertiary/aromatic N) is 2. The average molecular weight is 264 g/mol. The summed E-state index contributed by atoms with van der Waals surface area (Å²) in [7, 11) is 0. The van der Waals surface area contributed by atoms with Crippen LogP contribution in [0.2, 0.25) is 0 Å². The van der Waals surface area contributed by atoms with Crippen molar-refractivity contribution in [2.24, 2.45) is 17.6 Å². The van der Waals surface area contributed by atoms with Crippen molar-refractivity contribution >= 4 is 23.0 Å². The van der Waals surface area contributed by atoms with Gasteiger partial charge in [-0.3, -0.25) is 0 Å². The second-order valence-electron chi connectivity index (χ2n) is 5.17. The number of thiocarbonyl (C=S) groups is 1. The Morgan fingerprint density at radius 1 is 1.44 bits per heavy atom. The van der Waals surface area contributed by atoms with Crippen molar-refractivity contribution in [3.8, 4) is 0 Å². The van der Waals surface area contributed by atoms with E-state index in [1.807, 2.05) is 0 Å². The molecule has 1 saturated carbocycles. The Kier molecular flexibility index (Phi) is 4.47. The highest BCUT2D eigenvalue weighted by molar-refractivity contribution is 7.80. The first-order valence-corrected chi connectivity index (χ1v) is 6.91. The topological polar surface area (TPSA) is 63.8 Å². The first-order valence-electron chi connectivity index (χ1n) is 6.51. The number of hydrogen-bond donors (Lipinski definition) is 2. The molecule has 1 aliphatic carbocycles. The van der Waals surface area contributed by atoms with Crippen LogP contribution in [0.15, 0.2) is 12.4 Å². The van der Waals surface area contributed by atoms with E-state index in [4.69, 9.17) is 18.0 Å². The van der Waals surface area contributed by atoms with Crippen LogP contribution in [0.1, 0.15) is 38.3 Å². The second kappa shape index (κ2) is 6.09. The summed E-state index contributed by atoms with van der Waals surface area (Å²) in [5.41, 5.74) is 6.05. The van der Waals surface area contributed by atoms with Crippen molar-refractivity contribution in [1.82, 2.24) is 9.97 Å². The van der Waals surface area contributed by atoms with Gasteiger partial charge in [0.15, 0.2) is 0 Å². The van der Waals surface area contributed by atoms with E-state index in [1.54, 1.807) is 12.4 Å². The molecule has 2 atom stereocenters. The molecule has 0 spiro atoms. The molecule has 2 unspecified atom stereocenters. The number of nitrogens with one attached hydrogen (secondary N) is 1. The fourth-order valence-corrected chi connectivity index (χ4v) is 2.65. The van der Waals surface area contributed by atoms with E-state index in [9.17, 15) is 0 Å². The van der Waals surface area contributed by atoms with Crippen molar-refractivity contribution in [3.63, 3.8) is 0 Å². The van der Waals surface area contributed by atoms with Crippen molar-refractivity contribution in [3.05, 3.63) is 18.1 Å². The highest BCUT2D eigenvalue weighted by atomic mass is 32.1. The summed E-state index contributed by atoms with van der Waals surface area (Å²) < 4.78 is 0. The zero-order valence-electron chi connectivity index (χ0n) is 10.7. The molecule has 98 valence electrons. The molecule has 2 rings (SSSR count). The lowest BCUT2D eigenvalue weighted by Crippen LogP contribution is -2.21. The Hall–Kier alpha value is -1.23. The van der Waals surface area contributed by atoms with Gasteiger partial charge in [0.1, 0.15) is 16.5 Å². The number of anilines is 1. The Balaban J connectivity index is 1.84. The lowest BCUT2D eigenvalue weighted by molar-refractivity contribution is 0.293. The molecule has 1 fully saturated rings. The van der Waals surface area contributed by atoms with E-state index in [0.717, 1.165) is 24.2 Å². The molecule has 0 amide bonds. The maximum atomic E-state index is 5.48. The summed E-state index contributed by atoms with van der Waals surface area (Å²) in [6.07, 6.45) is 8.66. The average Bonchev–Trinajstić information content (AvgIpc) is 2.37. The zero-order valence-corrected chi connectivity index (χ0v) is 11.5. The molecule has 4 nitrogen and oxygen atoms in total. The van der Waals surface area contributed by atoms with Gasteiger partial charge in [-0.15, -0.1) is 0 Å². The van der Waals surface area contributed by atoms with Gasteiger partial charge in [0.2, 0.25) is 0 Å². The molecule has 18 heavy (non-hydrogen) atoms. The fraction of sp³-hybridized carbons (Fsp3) is 0.615. The summed E-state index contributed by atoms with van der Waals surface area (Å²) in [5.74, 6) is 2.41. The third-order valence-corrected chi connectivity index (χ3v) is 3.73. The van der Waals surface area contributed by atoms with Crippen molar-refractivity contribution < 1.29 is 0 Å². The van der Waals surface area contributed by atoms with Gasteiger partial charge in [0, 0.05) is 6.54 Å². The fourth-order valence-electron chi connectivity index (χ4n) is 2.54. The monoisotopic (exact) mass is 264 g/mol. The molecule has 0 aromatic carbocycles. The minimum absolute atomic E-state index is 0.287. The Morgan fingerprint density at radius 2 is 2.28 bits per heavy atom. The Labute approximate surface area is 113 Å². The van der Waals surface area contributed by atoms with Gasteiger partial charge >= 0.3 is 0 Å². The maximum absolute atomic E-state index is 5.48. The molecule has 0 radical (unpaired) electrons. The van der Waals surface area contributed by atoms with E-state index in [0.29, 0.717) is 5.69 Å². The normalized spacial score (nSPS) is 23.6. The predicted octanol–water partition coefficient (Wildman–Crippen LogP) is 2.35. The van der Waals surface area contributed by atoms with Crippen LogP contribution in [0.4, 0.5) is 5.82 Å². The summed E-state index contributed by atoms with van der Waals surface area (Å²) in [5, 5.41) is 3.34. The van der Waals surface area contributed by atoms with E-state index in [-0.39, 0.29) is 4.99 Å². The summed E-state index contributed by atoms with van der Waals surface area (Å²) >= 11 is 4.84. The lowest BCUT2D eigenvalue weighted by atomic mass is 9.82. The second-order valence-corrected chi connectivity index (χ2v) is 5.61. The summed E-state index contributed by atoms with van der Waals surface area (Å²) in [4.78, 5) is 8.72. The molecule has 0 aliphatic heterocycles. The van der Waals surface area contributed by atoms with E-state index < -0.39 is 0 Å². The third kappa shape index (κ3) is 3.63. The van der Waals surface area contributed by atoms with Crippen LogP contribution >= 0.6 is 12.2 Å². The van der Waals surface area contributed by atoms with Crippen LogP contribution in [0.5, 0.6) is 0 Å². The molecule has 3 N–H and O–H groups in total. The largest absolute Gasteiger partial charge is 0.388 e. The number of aromatic nitrogens is 2. The van der Waals surface area contributed by atoms with Gasteiger partial charge < -0.3 is 11.1 Å². The molecule has 5 heteroatoms. The van der Waals surface area contributed by atoms with Gasteiger partial charge in [-0.25, -0.2) is 9.97 Å². The minimum atomic E-state index is 0.287. The van der Waals surface area contributed by atoms with Crippen LogP contribution in [0.25, 0.3) is 0 Å². The van der Waals surface area contributed by atoms with Gasteiger partial charge in [-0.1, -0.05) is 32.0 Å². The molecule has 1 aromatic rings. The molecule has 1 aliphatic rings. The van der Waals surface area contributed by atoms with Gasteiger partial charge in [0.05, 0.1) is 12.4 Å². The summed E-state index contributed by atoms with van der Waals surface area (Å²) in [6, 6.07) is 0. The van der Waals surface area contributed by atoms with Crippen molar-refractivity contribution in [2.75, 3.05) is 11.9 Å². The third-order valence-electron chi connectivity index (χ3n) is 3.52. The number of nitrogens with two attached hydrogens (primary N) is 1. The molecule has 1 aromatic heterocycles. The van der Waals surface area contributed by atoms with Gasteiger partial charge in [0.25, 0.3) is 0 Å². The SMILES string of the molecule is CC1CCCC(CNc2cnc(C(N)=S)cn2)C1. The highest BCUT2D eigenvalue weighted by Crippen LogP contribution is 2.28. The van der Waals surface area contributed by atoms with Crippen molar-refractivity contribution in [2.45, 2.75) is 32.6 Å². The maximum Gasteiger partial charge on any atom is 0.144 e. The van der Waals surface area contributed by atoms with E-state index in [1.165, 1.54) is 25.7 Å². The molecule has 0 saturated heterocycles. The smallest absolute Gasteiger partial charge is 0.144 e. The van der Waals surface area contributed by atoms with Crippen LogP contribution in [-0.4, -0.2) is 21.5 Å². The van der Waals surface area contributed by atoms with Crippen LogP contribution in [0.3, 0.4) is 0 Å². The Morgan fingerprint density at radius 3 is 2.89 bits per heavy atom. The molecule has 0 bridgehead atoms. The first-order chi connectivity index (χ1) is 8.65. The quantitative estimate of drug-likeness (QED) is 0.817. The van der Waals surface area contributed by atoms with Crippen LogP contribution in [0, 0.1) is 11.8 Å². The minimum Gasteiger partial charge on any atom is -0.388 e. The number of rotatable bonds is 4. The summed E-state index contributed by atoms with van der Waals surface area (Å²) in [6.45, 7) is 3.31. The highest BCUT2D eigenvalue weighted by Gasteiger charge is 2.18.